The fraction of sp³-hybridized carbons (Fsp3) is 0.458. The number of aryl methyl sites for hydroxylation is 2. The van der Waals surface area contributed by atoms with Gasteiger partial charge in [0, 0.05) is 33.1 Å². The number of hydrazone groups is 1. The molecule has 0 fully saturated rings. The minimum absolute atomic E-state index is 0.0151. The Morgan fingerprint density at radius 1 is 1.17 bits per heavy atom. The number of likely N-dealkylation sites (N-methyl/N-ethyl adjacent to an activating group) is 1. The van der Waals surface area contributed by atoms with Crippen molar-refractivity contribution in [3.8, 4) is 0 Å². The molecule has 160 valence electrons. The third-order valence-corrected chi connectivity index (χ3v) is 5.35. The third kappa shape index (κ3) is 4.99. The predicted octanol–water partition coefficient (Wildman–Crippen LogP) is 3.91. The van der Waals surface area contributed by atoms with Crippen molar-refractivity contribution in [2.24, 2.45) is 17.6 Å². The van der Waals surface area contributed by atoms with Crippen LogP contribution in [0.5, 0.6) is 0 Å². The number of hydrogen-bond acceptors (Lipinski definition) is 3. The molecular formula is C24H32N4O2. The molecule has 6 heteroatoms. The van der Waals surface area contributed by atoms with Crippen molar-refractivity contribution < 1.29 is 9.59 Å². The highest BCUT2D eigenvalue weighted by Gasteiger charge is 2.34. The largest absolute Gasteiger partial charge is 0.350 e. The zero-order chi connectivity index (χ0) is 22.1. The summed E-state index contributed by atoms with van der Waals surface area (Å²) in [5.41, 5.74) is 3.98. The molecule has 0 spiro atoms. The van der Waals surface area contributed by atoms with Crippen LogP contribution in [0.1, 0.15) is 56.5 Å². The highest BCUT2D eigenvalue weighted by molar-refractivity contribution is 6.02. The lowest BCUT2D eigenvalue weighted by atomic mass is 9.92. The molecule has 1 atom stereocenters. The number of amides is 2. The zero-order valence-corrected chi connectivity index (χ0v) is 18.8. The minimum atomic E-state index is -0.172. The van der Waals surface area contributed by atoms with E-state index in [4.69, 9.17) is 5.10 Å². The molecule has 3 rings (SSSR count). The van der Waals surface area contributed by atoms with Crippen LogP contribution in [0.25, 0.3) is 0 Å². The number of rotatable bonds is 5. The van der Waals surface area contributed by atoms with Crippen LogP contribution in [0.3, 0.4) is 0 Å². The van der Waals surface area contributed by atoms with Gasteiger partial charge in [0.15, 0.2) is 0 Å². The summed E-state index contributed by atoms with van der Waals surface area (Å²) in [5.74, 6) is -0.205. The molecule has 2 aromatic rings. The van der Waals surface area contributed by atoms with E-state index in [9.17, 15) is 9.59 Å². The summed E-state index contributed by atoms with van der Waals surface area (Å²) in [4.78, 5) is 27.2. The fourth-order valence-corrected chi connectivity index (χ4v) is 3.66. The van der Waals surface area contributed by atoms with E-state index in [0.29, 0.717) is 12.8 Å². The van der Waals surface area contributed by atoms with Gasteiger partial charge in [0.25, 0.3) is 5.91 Å². The van der Waals surface area contributed by atoms with Crippen molar-refractivity contribution in [1.82, 2.24) is 14.5 Å². The van der Waals surface area contributed by atoms with E-state index < -0.39 is 0 Å². The smallest absolute Gasteiger partial charge is 0.262 e. The first-order valence-corrected chi connectivity index (χ1v) is 10.4. The maximum Gasteiger partial charge on any atom is 0.262 e. The Morgan fingerprint density at radius 2 is 1.83 bits per heavy atom. The number of aromatic nitrogens is 1. The Morgan fingerprint density at radius 3 is 2.40 bits per heavy atom. The topological polar surface area (TPSA) is 57.9 Å². The van der Waals surface area contributed by atoms with Crippen LogP contribution in [-0.2, 0) is 16.6 Å². The Balaban J connectivity index is 1.84. The Bertz CT molecular complexity index is 950. The third-order valence-electron chi connectivity index (χ3n) is 5.35. The molecule has 30 heavy (non-hydrogen) atoms. The molecule has 1 aliphatic rings. The molecular weight excluding hydrogens is 376 g/mol. The summed E-state index contributed by atoms with van der Waals surface area (Å²) in [6, 6.07) is 12.0. The first-order valence-electron chi connectivity index (χ1n) is 10.4. The van der Waals surface area contributed by atoms with E-state index >= 15 is 0 Å². The Labute approximate surface area is 179 Å². The molecule has 1 aromatic carbocycles. The van der Waals surface area contributed by atoms with Gasteiger partial charge < -0.3 is 9.47 Å². The van der Waals surface area contributed by atoms with E-state index in [2.05, 4.69) is 24.3 Å². The van der Waals surface area contributed by atoms with Crippen LogP contribution in [0.4, 0.5) is 0 Å². The van der Waals surface area contributed by atoms with Gasteiger partial charge in [-0.1, -0.05) is 50.6 Å². The molecule has 2 amide bonds. The maximum atomic E-state index is 13.2. The highest BCUT2D eigenvalue weighted by Crippen LogP contribution is 2.33. The summed E-state index contributed by atoms with van der Waals surface area (Å²) in [6.07, 6.45) is 3.02. The monoisotopic (exact) mass is 408 g/mol. The van der Waals surface area contributed by atoms with Crippen LogP contribution >= 0.6 is 0 Å². The molecule has 0 radical (unpaired) electrons. The van der Waals surface area contributed by atoms with Gasteiger partial charge in [-0.3, -0.25) is 9.59 Å². The second-order valence-corrected chi connectivity index (χ2v) is 9.41. The quantitative estimate of drug-likeness (QED) is 0.753. The van der Waals surface area contributed by atoms with E-state index in [-0.39, 0.29) is 29.8 Å². The number of nitrogens with zero attached hydrogens (tertiary/aromatic N) is 4. The lowest BCUT2D eigenvalue weighted by molar-refractivity contribution is -0.141. The van der Waals surface area contributed by atoms with Crippen molar-refractivity contribution in [3.05, 3.63) is 59.4 Å². The van der Waals surface area contributed by atoms with Crippen molar-refractivity contribution >= 4 is 17.5 Å². The van der Waals surface area contributed by atoms with Crippen LogP contribution in [0, 0.1) is 12.3 Å². The summed E-state index contributed by atoms with van der Waals surface area (Å²) < 4.78 is 2.01. The fourth-order valence-electron chi connectivity index (χ4n) is 3.66. The van der Waals surface area contributed by atoms with Crippen molar-refractivity contribution in [1.29, 1.82) is 0 Å². The van der Waals surface area contributed by atoms with E-state index in [1.165, 1.54) is 10.5 Å². The van der Waals surface area contributed by atoms with Crippen LogP contribution in [0.15, 0.2) is 47.7 Å². The van der Waals surface area contributed by atoms with Gasteiger partial charge in [-0.2, -0.15) is 5.10 Å². The molecule has 0 aliphatic carbocycles. The summed E-state index contributed by atoms with van der Waals surface area (Å²) >= 11 is 0. The van der Waals surface area contributed by atoms with Crippen LogP contribution in [0.2, 0.25) is 0 Å². The molecule has 0 saturated heterocycles. The SMILES string of the molecule is Cc1ccc(C2CC(c3cccn3C)=NN2C(=O)CN(C)C(=O)CC(C)(C)C)cc1. The van der Waals surface area contributed by atoms with Gasteiger partial charge >= 0.3 is 0 Å². The second kappa shape index (κ2) is 8.46. The zero-order valence-electron chi connectivity index (χ0n) is 18.8. The molecule has 1 aromatic heterocycles. The van der Waals surface area contributed by atoms with E-state index in [1.807, 2.05) is 57.6 Å². The van der Waals surface area contributed by atoms with Gasteiger partial charge in [0.1, 0.15) is 6.54 Å². The Kier molecular flexibility index (Phi) is 6.15. The first-order chi connectivity index (χ1) is 14.0. The summed E-state index contributed by atoms with van der Waals surface area (Å²) in [5, 5.41) is 6.26. The predicted molar refractivity (Wildman–Crippen MR) is 119 cm³/mol. The minimum Gasteiger partial charge on any atom is -0.350 e. The van der Waals surface area contributed by atoms with Crippen LogP contribution < -0.4 is 0 Å². The summed E-state index contributed by atoms with van der Waals surface area (Å²) in [6.45, 7) is 8.12. The highest BCUT2D eigenvalue weighted by atomic mass is 16.2. The van der Waals surface area contributed by atoms with E-state index in [0.717, 1.165) is 17.0 Å². The summed E-state index contributed by atoms with van der Waals surface area (Å²) in [7, 11) is 3.66. The molecule has 2 heterocycles. The maximum absolute atomic E-state index is 13.2. The molecule has 0 bridgehead atoms. The van der Waals surface area contributed by atoms with Gasteiger partial charge in [-0.05, 0) is 30.0 Å². The Hall–Kier alpha value is -2.89. The number of hydrogen-bond donors (Lipinski definition) is 0. The van der Waals surface area contributed by atoms with Crippen molar-refractivity contribution in [2.45, 2.75) is 46.6 Å². The number of carbonyl (C=O) groups excluding carboxylic acids is 2. The second-order valence-electron chi connectivity index (χ2n) is 9.41. The van der Waals surface area contributed by atoms with Gasteiger partial charge in [0.05, 0.1) is 17.4 Å². The molecule has 1 unspecified atom stereocenters. The molecule has 0 saturated carbocycles. The van der Waals surface area contributed by atoms with Gasteiger partial charge in [0.2, 0.25) is 5.91 Å². The lowest BCUT2D eigenvalue weighted by Crippen LogP contribution is -2.40. The molecule has 1 aliphatic heterocycles. The standard InChI is InChI=1S/C24H32N4O2/c1-17-9-11-18(12-10-17)21-14-19(20-8-7-13-26(20)5)25-28(21)23(30)16-27(6)22(29)15-24(2,3)4/h7-13,21H,14-16H2,1-6H3. The van der Waals surface area contributed by atoms with Gasteiger partial charge in [-0.25, -0.2) is 5.01 Å². The van der Waals surface area contributed by atoms with Crippen LogP contribution in [-0.4, -0.2) is 45.6 Å². The number of benzene rings is 1. The van der Waals surface area contributed by atoms with Crippen molar-refractivity contribution in [3.63, 3.8) is 0 Å². The molecule has 0 N–H and O–H groups in total. The lowest BCUT2D eigenvalue weighted by Gasteiger charge is -2.26. The number of carbonyl (C=O) groups is 2. The normalized spacial score (nSPS) is 16.5. The first kappa shape index (κ1) is 21.8. The van der Waals surface area contributed by atoms with E-state index in [1.54, 1.807) is 12.1 Å². The average molecular weight is 409 g/mol. The van der Waals surface area contributed by atoms with Gasteiger partial charge in [-0.15, -0.1) is 0 Å². The molecule has 6 nitrogen and oxygen atoms in total. The van der Waals surface area contributed by atoms with Crippen molar-refractivity contribution in [2.75, 3.05) is 13.6 Å². The average Bonchev–Trinajstić information content (AvgIpc) is 3.27.